The van der Waals surface area contributed by atoms with E-state index in [2.05, 4.69) is 20.3 Å². The van der Waals surface area contributed by atoms with Crippen LogP contribution in [0.15, 0.2) is 71.9 Å². The number of pyridine rings is 1. The Balaban J connectivity index is 1.59. The number of aliphatic carboxylic acids is 1. The molecule has 3 aromatic rings. The third-order valence-electron chi connectivity index (χ3n) is 5.37. The van der Waals surface area contributed by atoms with Gasteiger partial charge in [-0.05, 0) is 73.4 Å². The van der Waals surface area contributed by atoms with Crippen molar-refractivity contribution in [3.05, 3.63) is 89.0 Å². The number of aromatic nitrogens is 2. The summed E-state index contributed by atoms with van der Waals surface area (Å²) in [5.74, 6) is -1.01. The van der Waals surface area contributed by atoms with Gasteiger partial charge >= 0.3 is 5.97 Å². The first-order valence-corrected chi connectivity index (χ1v) is 12.9. The zero-order valence-electron chi connectivity index (χ0n) is 18.7. The van der Waals surface area contributed by atoms with E-state index in [0.717, 1.165) is 49.7 Å². The van der Waals surface area contributed by atoms with Crippen molar-refractivity contribution in [1.82, 2.24) is 14.3 Å². The van der Waals surface area contributed by atoms with Gasteiger partial charge in [0.1, 0.15) is 0 Å². The molecular formula is C25H28ClN3O4S. The minimum absolute atomic E-state index is 0.158. The smallest absolute Gasteiger partial charge is 0.328 e. The second-order valence-electron chi connectivity index (χ2n) is 7.85. The number of sulfonamides is 1. The van der Waals surface area contributed by atoms with Crippen LogP contribution in [0.3, 0.4) is 0 Å². The van der Waals surface area contributed by atoms with Crippen LogP contribution >= 0.6 is 11.6 Å². The SMILES string of the molecule is O=C(O)C=Cc1ccc(CCNS(=O)(=O)c2ccc(Cl)cc2)n1CCCCCc1cccnc1. The van der Waals surface area contributed by atoms with Crippen molar-refractivity contribution < 1.29 is 18.3 Å². The van der Waals surface area contributed by atoms with Crippen molar-refractivity contribution in [2.45, 2.75) is 43.5 Å². The van der Waals surface area contributed by atoms with Crippen molar-refractivity contribution in [3.63, 3.8) is 0 Å². The molecule has 34 heavy (non-hydrogen) atoms. The summed E-state index contributed by atoms with van der Waals surface area (Å²) in [7, 11) is -3.64. The van der Waals surface area contributed by atoms with Gasteiger partial charge in [-0.1, -0.05) is 24.1 Å². The molecule has 9 heteroatoms. The number of nitrogens with one attached hydrogen (secondary N) is 1. The lowest BCUT2D eigenvalue weighted by molar-refractivity contribution is -0.131. The number of unbranched alkanes of at least 4 members (excludes halogenated alkanes) is 2. The molecule has 0 amide bonds. The fourth-order valence-corrected chi connectivity index (χ4v) is 4.81. The summed E-state index contributed by atoms with van der Waals surface area (Å²) in [4.78, 5) is 15.3. The van der Waals surface area contributed by atoms with E-state index in [9.17, 15) is 13.2 Å². The molecule has 1 aromatic carbocycles. The number of halogens is 1. The number of hydrogen-bond donors (Lipinski definition) is 2. The lowest BCUT2D eigenvalue weighted by atomic mass is 10.1. The number of rotatable bonds is 13. The monoisotopic (exact) mass is 501 g/mol. The molecule has 2 heterocycles. The van der Waals surface area contributed by atoms with Crippen molar-refractivity contribution in [2.24, 2.45) is 0 Å². The molecule has 2 N–H and O–H groups in total. The van der Waals surface area contributed by atoms with Crippen LogP contribution < -0.4 is 4.72 Å². The number of aryl methyl sites for hydroxylation is 1. The van der Waals surface area contributed by atoms with Gasteiger partial charge in [0.25, 0.3) is 0 Å². The molecule has 0 radical (unpaired) electrons. The van der Waals surface area contributed by atoms with Crippen LogP contribution in [0.25, 0.3) is 6.08 Å². The number of benzene rings is 1. The molecule has 2 aromatic heterocycles. The molecule has 0 unspecified atom stereocenters. The standard InChI is InChI=1S/C25H28ClN3O4S/c26-21-7-12-24(13-8-21)34(32,33)28-17-15-23-10-9-22(11-14-25(30)31)29(23)18-3-1-2-5-20-6-4-16-27-19-20/h4,6-14,16,19,28H,1-3,5,15,17-18H2,(H,30,31). The first-order chi connectivity index (χ1) is 16.3. The van der Waals surface area contributed by atoms with Crippen molar-refractivity contribution in [3.8, 4) is 0 Å². The number of carboxylic acid groups (broad SMARTS) is 1. The van der Waals surface area contributed by atoms with Crippen LogP contribution in [0.4, 0.5) is 0 Å². The maximum atomic E-state index is 12.5. The van der Waals surface area contributed by atoms with Gasteiger partial charge in [-0.25, -0.2) is 17.9 Å². The molecule has 0 saturated heterocycles. The Hall–Kier alpha value is -2.94. The van der Waals surface area contributed by atoms with Crippen LogP contribution in [-0.4, -0.2) is 35.6 Å². The molecule has 0 fully saturated rings. The summed E-state index contributed by atoms with van der Waals surface area (Å²) in [5.41, 5.74) is 2.93. The Bertz CT molecular complexity index is 1210. The molecule has 0 spiro atoms. The second-order valence-corrected chi connectivity index (χ2v) is 10.0. The summed E-state index contributed by atoms with van der Waals surface area (Å²) >= 11 is 5.84. The van der Waals surface area contributed by atoms with Crippen LogP contribution in [0.5, 0.6) is 0 Å². The van der Waals surface area contributed by atoms with Gasteiger partial charge in [0.15, 0.2) is 0 Å². The van der Waals surface area contributed by atoms with Crippen molar-refractivity contribution in [1.29, 1.82) is 0 Å². The number of nitrogens with zero attached hydrogens (tertiary/aromatic N) is 2. The van der Waals surface area contributed by atoms with Gasteiger partial charge < -0.3 is 9.67 Å². The fraction of sp³-hybridized carbons (Fsp3) is 0.280. The maximum absolute atomic E-state index is 12.5. The Labute approximate surface area is 205 Å². The van der Waals surface area contributed by atoms with Gasteiger partial charge in [0, 0.05) is 54.4 Å². The third-order valence-corrected chi connectivity index (χ3v) is 7.10. The van der Waals surface area contributed by atoms with Gasteiger partial charge in [-0.2, -0.15) is 0 Å². The van der Waals surface area contributed by atoms with Crippen LogP contribution in [0, 0.1) is 0 Å². The predicted octanol–water partition coefficient (Wildman–Crippen LogP) is 4.57. The summed E-state index contributed by atoms with van der Waals surface area (Å²) in [6.45, 7) is 0.941. The zero-order chi connectivity index (χ0) is 24.4. The summed E-state index contributed by atoms with van der Waals surface area (Å²) in [5, 5.41) is 9.47. The number of carboxylic acids is 1. The first kappa shape index (κ1) is 25.7. The molecule has 0 aliphatic heterocycles. The Kier molecular flexibility index (Phi) is 9.44. The third kappa shape index (κ3) is 7.83. The van der Waals surface area contributed by atoms with E-state index < -0.39 is 16.0 Å². The highest BCUT2D eigenvalue weighted by Crippen LogP contribution is 2.16. The molecule has 0 atom stereocenters. The molecule has 180 valence electrons. The molecule has 0 saturated carbocycles. The van der Waals surface area contributed by atoms with E-state index in [1.807, 2.05) is 24.4 Å². The Morgan fingerprint density at radius 3 is 2.56 bits per heavy atom. The zero-order valence-corrected chi connectivity index (χ0v) is 20.3. The highest BCUT2D eigenvalue weighted by atomic mass is 35.5. The summed E-state index contributed by atoms with van der Waals surface area (Å²) in [6, 6.07) is 13.8. The fourth-order valence-electron chi connectivity index (χ4n) is 3.65. The van der Waals surface area contributed by atoms with E-state index in [1.54, 1.807) is 12.3 Å². The molecular weight excluding hydrogens is 474 g/mol. The molecule has 0 aliphatic carbocycles. The minimum atomic E-state index is -3.64. The van der Waals surface area contributed by atoms with E-state index in [-0.39, 0.29) is 11.4 Å². The van der Waals surface area contributed by atoms with Crippen LogP contribution in [-0.2, 0) is 34.2 Å². The van der Waals surface area contributed by atoms with Gasteiger partial charge in [0.05, 0.1) is 4.90 Å². The average Bonchev–Trinajstić information content (AvgIpc) is 3.20. The lowest BCUT2D eigenvalue weighted by Crippen LogP contribution is -2.26. The average molecular weight is 502 g/mol. The normalized spacial score (nSPS) is 11.8. The topological polar surface area (TPSA) is 101 Å². The molecule has 3 rings (SSSR count). The van der Waals surface area contributed by atoms with Gasteiger partial charge in [-0.3, -0.25) is 4.98 Å². The van der Waals surface area contributed by atoms with Crippen LogP contribution in [0.2, 0.25) is 5.02 Å². The lowest BCUT2D eigenvalue weighted by Gasteiger charge is -2.13. The van der Waals surface area contributed by atoms with E-state index in [4.69, 9.17) is 16.7 Å². The summed E-state index contributed by atoms with van der Waals surface area (Å²) < 4.78 is 29.7. The van der Waals surface area contributed by atoms with Crippen molar-refractivity contribution >= 4 is 33.7 Å². The number of hydrogen-bond acceptors (Lipinski definition) is 4. The highest BCUT2D eigenvalue weighted by Gasteiger charge is 2.14. The van der Waals surface area contributed by atoms with Crippen molar-refractivity contribution in [2.75, 3.05) is 6.54 Å². The van der Waals surface area contributed by atoms with E-state index >= 15 is 0 Å². The second kappa shape index (κ2) is 12.5. The quantitative estimate of drug-likeness (QED) is 0.264. The number of carbonyl (C=O) groups is 1. The first-order valence-electron chi connectivity index (χ1n) is 11.1. The van der Waals surface area contributed by atoms with E-state index in [0.29, 0.717) is 11.4 Å². The van der Waals surface area contributed by atoms with E-state index in [1.165, 1.54) is 29.8 Å². The predicted molar refractivity (Wildman–Crippen MR) is 133 cm³/mol. The molecule has 0 bridgehead atoms. The molecule has 7 nitrogen and oxygen atoms in total. The summed E-state index contributed by atoms with van der Waals surface area (Å²) in [6.07, 6.45) is 10.7. The molecule has 0 aliphatic rings. The Morgan fingerprint density at radius 1 is 1.06 bits per heavy atom. The minimum Gasteiger partial charge on any atom is -0.478 e. The maximum Gasteiger partial charge on any atom is 0.328 e. The van der Waals surface area contributed by atoms with Crippen LogP contribution in [0.1, 0.15) is 36.2 Å². The largest absolute Gasteiger partial charge is 0.478 e. The van der Waals surface area contributed by atoms with Gasteiger partial charge in [-0.15, -0.1) is 0 Å². The highest BCUT2D eigenvalue weighted by molar-refractivity contribution is 7.89. The van der Waals surface area contributed by atoms with Gasteiger partial charge in [0.2, 0.25) is 10.0 Å². The Morgan fingerprint density at radius 2 is 1.85 bits per heavy atom.